The molecular weight excluding hydrogens is 336 g/mol. The summed E-state index contributed by atoms with van der Waals surface area (Å²) in [5.74, 6) is 1.62. The lowest BCUT2D eigenvalue weighted by molar-refractivity contribution is 0.0505. The van der Waals surface area contributed by atoms with Crippen molar-refractivity contribution in [2.75, 3.05) is 0 Å². The van der Waals surface area contributed by atoms with Crippen LogP contribution < -0.4 is 5.32 Å². The normalized spacial score (nSPS) is 12.6. The van der Waals surface area contributed by atoms with E-state index in [1.54, 1.807) is 56.9 Å². The molecule has 0 bridgehead atoms. The maximum Gasteiger partial charge on any atom is 0.408 e. The number of nitrogens with one attached hydrogen (secondary N) is 1. The third kappa shape index (κ3) is 4.02. The summed E-state index contributed by atoms with van der Waals surface area (Å²) < 4.78 is 8.43. The molecule has 1 atom stereocenters. The smallest absolute Gasteiger partial charge is 0.408 e. The van der Waals surface area contributed by atoms with Crippen molar-refractivity contribution in [2.45, 2.75) is 39.3 Å². The number of rotatable bonds is 4. The van der Waals surface area contributed by atoms with Crippen LogP contribution in [0.2, 0.25) is 0 Å². The lowest BCUT2D eigenvalue weighted by atomic mass is 10.2. The number of alkyl carbamates (subject to hydrolysis) is 1. The summed E-state index contributed by atoms with van der Waals surface area (Å²) in [6.45, 7) is 7.20. The Morgan fingerprint density at radius 2 is 1.92 bits per heavy atom. The summed E-state index contributed by atoms with van der Waals surface area (Å²) in [5.41, 5.74) is -0.581. The van der Waals surface area contributed by atoms with Gasteiger partial charge in [0.1, 0.15) is 18.3 Å². The first kappa shape index (κ1) is 17.5. The van der Waals surface area contributed by atoms with Gasteiger partial charge in [0.2, 0.25) is 0 Å². The largest absolute Gasteiger partial charge is 0.444 e. The molecule has 3 rings (SSSR count). The zero-order valence-electron chi connectivity index (χ0n) is 15.0. The van der Waals surface area contributed by atoms with E-state index in [4.69, 9.17) is 4.74 Å². The number of aromatic nitrogens is 7. The maximum absolute atomic E-state index is 12.0. The molecule has 3 aromatic heterocycles. The standard InChI is InChI=1S/C16H20N8O2/c1-11(22-15(25)26-16(2,3)4)14-19-10-21-24(14)13-8-12(17-9-18-13)23-7-5-6-20-23/h5-11H,1-4H3,(H,22,25)/t11-/m0/s1. The fourth-order valence-electron chi connectivity index (χ4n) is 2.25. The van der Waals surface area contributed by atoms with E-state index < -0.39 is 17.7 Å². The van der Waals surface area contributed by atoms with Gasteiger partial charge in [-0.05, 0) is 33.8 Å². The molecule has 0 saturated heterocycles. The van der Waals surface area contributed by atoms with Crippen molar-refractivity contribution in [1.82, 2.24) is 39.8 Å². The van der Waals surface area contributed by atoms with Gasteiger partial charge in [0.25, 0.3) is 0 Å². The van der Waals surface area contributed by atoms with Crippen molar-refractivity contribution in [3.8, 4) is 11.6 Å². The van der Waals surface area contributed by atoms with E-state index in [0.29, 0.717) is 17.5 Å². The molecule has 0 fully saturated rings. The summed E-state index contributed by atoms with van der Waals surface area (Å²) in [6, 6.07) is 3.09. The number of hydrogen-bond donors (Lipinski definition) is 1. The van der Waals surface area contributed by atoms with Gasteiger partial charge in [-0.3, -0.25) is 0 Å². The van der Waals surface area contributed by atoms with E-state index in [2.05, 4.69) is 30.5 Å². The van der Waals surface area contributed by atoms with Crippen molar-refractivity contribution >= 4 is 6.09 Å². The average molecular weight is 356 g/mol. The van der Waals surface area contributed by atoms with Crippen LogP contribution in [0, 0.1) is 0 Å². The molecule has 1 N–H and O–H groups in total. The van der Waals surface area contributed by atoms with E-state index in [0.717, 1.165) is 0 Å². The number of amides is 1. The van der Waals surface area contributed by atoms with Gasteiger partial charge in [0.05, 0.1) is 6.04 Å². The summed E-state index contributed by atoms with van der Waals surface area (Å²) in [5, 5.41) is 11.1. The first-order chi connectivity index (χ1) is 12.3. The highest BCUT2D eigenvalue weighted by Gasteiger charge is 2.21. The Labute approximate surface area is 150 Å². The molecule has 0 aliphatic rings. The van der Waals surface area contributed by atoms with Gasteiger partial charge < -0.3 is 10.1 Å². The summed E-state index contributed by atoms with van der Waals surface area (Å²) in [4.78, 5) is 24.7. The topological polar surface area (TPSA) is 113 Å². The number of hydrogen-bond acceptors (Lipinski definition) is 7. The molecule has 3 aromatic rings. The zero-order valence-corrected chi connectivity index (χ0v) is 15.0. The van der Waals surface area contributed by atoms with E-state index >= 15 is 0 Å². The molecule has 26 heavy (non-hydrogen) atoms. The van der Waals surface area contributed by atoms with Gasteiger partial charge in [0, 0.05) is 18.5 Å². The molecular formula is C16H20N8O2. The molecule has 0 spiro atoms. The Bertz CT molecular complexity index is 882. The maximum atomic E-state index is 12.0. The first-order valence-corrected chi connectivity index (χ1v) is 8.05. The van der Waals surface area contributed by atoms with Crippen molar-refractivity contribution in [1.29, 1.82) is 0 Å². The van der Waals surface area contributed by atoms with Crippen LogP contribution in [-0.4, -0.2) is 46.2 Å². The summed E-state index contributed by atoms with van der Waals surface area (Å²) >= 11 is 0. The number of carbonyl (C=O) groups excluding carboxylic acids is 1. The van der Waals surface area contributed by atoms with Crippen LogP contribution in [0.5, 0.6) is 0 Å². The van der Waals surface area contributed by atoms with E-state index in [1.165, 1.54) is 17.3 Å². The predicted octanol–water partition coefficient (Wildman–Crippen LogP) is 1.83. The van der Waals surface area contributed by atoms with Gasteiger partial charge >= 0.3 is 6.09 Å². The van der Waals surface area contributed by atoms with Crippen LogP contribution in [0.4, 0.5) is 4.79 Å². The van der Waals surface area contributed by atoms with Crippen molar-refractivity contribution < 1.29 is 9.53 Å². The summed E-state index contributed by atoms with van der Waals surface area (Å²) in [7, 11) is 0. The van der Waals surface area contributed by atoms with Crippen LogP contribution in [-0.2, 0) is 4.74 Å². The van der Waals surface area contributed by atoms with E-state index in [9.17, 15) is 4.79 Å². The van der Waals surface area contributed by atoms with Crippen LogP contribution in [0.3, 0.4) is 0 Å². The van der Waals surface area contributed by atoms with E-state index in [1.807, 2.05) is 0 Å². The SMILES string of the molecule is C[C@H](NC(=O)OC(C)(C)C)c1ncnn1-c1cc(-n2cccn2)ncn1. The fraction of sp³-hybridized carbons (Fsp3) is 0.375. The quantitative estimate of drug-likeness (QED) is 0.758. The van der Waals surface area contributed by atoms with Crippen LogP contribution in [0.25, 0.3) is 11.6 Å². The Hall–Kier alpha value is -3.30. The average Bonchev–Trinajstić information content (AvgIpc) is 3.25. The molecule has 0 aliphatic heterocycles. The van der Waals surface area contributed by atoms with Crippen LogP contribution >= 0.6 is 0 Å². The molecule has 0 unspecified atom stereocenters. The number of carbonyl (C=O) groups is 1. The van der Waals surface area contributed by atoms with Crippen molar-refractivity contribution in [3.63, 3.8) is 0 Å². The Morgan fingerprint density at radius 3 is 2.62 bits per heavy atom. The Kier molecular flexibility index (Phi) is 4.65. The monoisotopic (exact) mass is 356 g/mol. The minimum atomic E-state index is -0.581. The van der Waals surface area contributed by atoms with Gasteiger partial charge in [-0.25, -0.2) is 24.4 Å². The first-order valence-electron chi connectivity index (χ1n) is 8.05. The summed E-state index contributed by atoms with van der Waals surface area (Å²) in [6.07, 6.45) is 5.73. The number of ether oxygens (including phenoxy) is 1. The molecule has 136 valence electrons. The minimum absolute atomic E-state index is 0.435. The van der Waals surface area contributed by atoms with Gasteiger partial charge in [0.15, 0.2) is 17.5 Å². The van der Waals surface area contributed by atoms with Crippen molar-refractivity contribution in [2.24, 2.45) is 0 Å². The van der Waals surface area contributed by atoms with Crippen molar-refractivity contribution in [3.05, 3.63) is 43.0 Å². The predicted molar refractivity (Wildman–Crippen MR) is 91.9 cm³/mol. The second-order valence-electron chi connectivity index (χ2n) is 6.58. The second-order valence-corrected chi connectivity index (χ2v) is 6.58. The zero-order chi connectivity index (χ0) is 18.7. The third-order valence-electron chi connectivity index (χ3n) is 3.29. The highest BCUT2D eigenvalue weighted by atomic mass is 16.6. The molecule has 10 nitrogen and oxygen atoms in total. The molecule has 0 aromatic carbocycles. The van der Waals surface area contributed by atoms with Crippen LogP contribution in [0.15, 0.2) is 37.2 Å². The van der Waals surface area contributed by atoms with Gasteiger partial charge in [-0.1, -0.05) is 0 Å². The Balaban J connectivity index is 1.83. The minimum Gasteiger partial charge on any atom is -0.444 e. The molecule has 10 heteroatoms. The highest BCUT2D eigenvalue weighted by molar-refractivity contribution is 5.68. The molecule has 1 amide bonds. The molecule has 0 saturated carbocycles. The van der Waals surface area contributed by atoms with Gasteiger partial charge in [-0.2, -0.15) is 14.9 Å². The van der Waals surface area contributed by atoms with Gasteiger partial charge in [-0.15, -0.1) is 0 Å². The van der Waals surface area contributed by atoms with Crippen LogP contribution in [0.1, 0.15) is 39.6 Å². The fourth-order valence-corrected chi connectivity index (χ4v) is 2.25. The lowest BCUT2D eigenvalue weighted by Gasteiger charge is -2.21. The molecule has 3 heterocycles. The Morgan fingerprint density at radius 1 is 1.15 bits per heavy atom. The lowest BCUT2D eigenvalue weighted by Crippen LogP contribution is -2.35. The third-order valence-corrected chi connectivity index (χ3v) is 3.29. The number of nitrogens with zero attached hydrogens (tertiary/aromatic N) is 7. The molecule has 0 aliphatic carbocycles. The van der Waals surface area contributed by atoms with E-state index in [-0.39, 0.29) is 0 Å². The highest BCUT2D eigenvalue weighted by Crippen LogP contribution is 2.15. The second kappa shape index (κ2) is 6.90. The molecule has 0 radical (unpaired) electrons.